The van der Waals surface area contributed by atoms with Crippen molar-refractivity contribution in [1.29, 1.82) is 0 Å². The summed E-state index contributed by atoms with van der Waals surface area (Å²) in [5, 5.41) is 2.84. The molecule has 29 heavy (non-hydrogen) atoms. The third-order valence-electron chi connectivity index (χ3n) is 5.31. The van der Waals surface area contributed by atoms with Crippen LogP contribution in [0.1, 0.15) is 45.3 Å². The van der Waals surface area contributed by atoms with E-state index in [1.54, 1.807) is 41.2 Å². The third kappa shape index (κ3) is 3.38. The summed E-state index contributed by atoms with van der Waals surface area (Å²) < 4.78 is 4.98. The standard InChI is InChI=1S/C22H23N3O4/c1-29-14-6-12-23-19(26)11-13-24-20-15-7-2-3-8-16(15)22(28)25(20)18-10-5-4-9-17(18)21(24)27/h2-5,7-10,20H,6,11-14H2,1H3,(H,23,26)/t20-/m1/s1. The number of nitrogens with zero attached hydrogens (tertiary/aromatic N) is 2. The topological polar surface area (TPSA) is 79.0 Å². The van der Waals surface area contributed by atoms with E-state index in [9.17, 15) is 14.4 Å². The Balaban J connectivity index is 1.59. The molecule has 2 heterocycles. The number of carbonyl (C=O) groups is 3. The lowest BCUT2D eigenvalue weighted by Gasteiger charge is -2.40. The van der Waals surface area contributed by atoms with E-state index in [0.717, 1.165) is 12.0 Å². The van der Waals surface area contributed by atoms with Gasteiger partial charge in [-0.3, -0.25) is 19.3 Å². The van der Waals surface area contributed by atoms with Gasteiger partial charge in [0.05, 0.1) is 11.3 Å². The molecule has 3 amide bonds. The van der Waals surface area contributed by atoms with Crippen molar-refractivity contribution >= 4 is 23.4 Å². The lowest BCUT2D eigenvalue weighted by atomic mass is 10.0. The van der Waals surface area contributed by atoms with Gasteiger partial charge in [-0.25, -0.2) is 0 Å². The van der Waals surface area contributed by atoms with Crippen LogP contribution in [0.15, 0.2) is 48.5 Å². The van der Waals surface area contributed by atoms with Crippen molar-refractivity contribution in [2.75, 3.05) is 31.7 Å². The Morgan fingerprint density at radius 1 is 1.03 bits per heavy atom. The predicted molar refractivity (Wildman–Crippen MR) is 108 cm³/mol. The number of methoxy groups -OCH3 is 1. The van der Waals surface area contributed by atoms with Crippen LogP contribution < -0.4 is 10.2 Å². The molecule has 7 heteroatoms. The second-order valence-electron chi connectivity index (χ2n) is 7.10. The van der Waals surface area contributed by atoms with E-state index in [-0.39, 0.29) is 30.7 Å². The molecule has 1 atom stereocenters. The van der Waals surface area contributed by atoms with Crippen molar-refractivity contribution in [2.24, 2.45) is 0 Å². The van der Waals surface area contributed by atoms with E-state index < -0.39 is 6.17 Å². The van der Waals surface area contributed by atoms with Crippen molar-refractivity contribution in [3.05, 3.63) is 65.2 Å². The fourth-order valence-corrected chi connectivity index (χ4v) is 3.95. The summed E-state index contributed by atoms with van der Waals surface area (Å²) in [6.07, 6.45) is 0.375. The Morgan fingerprint density at radius 2 is 1.76 bits per heavy atom. The number of benzene rings is 2. The van der Waals surface area contributed by atoms with Gasteiger partial charge < -0.3 is 15.0 Å². The lowest BCUT2D eigenvalue weighted by molar-refractivity contribution is -0.121. The van der Waals surface area contributed by atoms with Crippen LogP contribution in [0.5, 0.6) is 0 Å². The lowest BCUT2D eigenvalue weighted by Crippen LogP contribution is -2.49. The minimum absolute atomic E-state index is 0.125. The van der Waals surface area contributed by atoms with E-state index >= 15 is 0 Å². The molecule has 0 radical (unpaired) electrons. The highest BCUT2D eigenvalue weighted by atomic mass is 16.5. The average Bonchev–Trinajstić information content (AvgIpc) is 3.04. The smallest absolute Gasteiger partial charge is 0.260 e. The number of rotatable bonds is 7. The van der Waals surface area contributed by atoms with Gasteiger partial charge in [-0.05, 0) is 24.6 Å². The maximum atomic E-state index is 13.2. The molecule has 0 bridgehead atoms. The molecular formula is C22H23N3O4. The van der Waals surface area contributed by atoms with Crippen LogP contribution in [0.2, 0.25) is 0 Å². The van der Waals surface area contributed by atoms with E-state index in [1.807, 2.05) is 24.3 Å². The Bertz CT molecular complexity index is 959. The quantitative estimate of drug-likeness (QED) is 0.733. The van der Waals surface area contributed by atoms with Gasteiger partial charge >= 0.3 is 0 Å². The summed E-state index contributed by atoms with van der Waals surface area (Å²) in [4.78, 5) is 41.8. The van der Waals surface area contributed by atoms with Crippen LogP contribution >= 0.6 is 0 Å². The van der Waals surface area contributed by atoms with Gasteiger partial charge in [-0.15, -0.1) is 0 Å². The molecule has 2 aliphatic rings. The van der Waals surface area contributed by atoms with Crippen molar-refractivity contribution < 1.29 is 19.1 Å². The van der Waals surface area contributed by atoms with Crippen molar-refractivity contribution in [2.45, 2.75) is 19.0 Å². The summed E-state index contributed by atoms with van der Waals surface area (Å²) >= 11 is 0. The number of anilines is 1. The molecule has 2 aromatic rings. The summed E-state index contributed by atoms with van der Waals surface area (Å²) in [7, 11) is 1.62. The number of hydrogen-bond acceptors (Lipinski definition) is 4. The maximum absolute atomic E-state index is 13.2. The molecule has 0 fully saturated rings. The highest BCUT2D eigenvalue weighted by Crippen LogP contribution is 2.45. The monoisotopic (exact) mass is 393 g/mol. The molecule has 150 valence electrons. The average molecular weight is 393 g/mol. The van der Waals surface area contributed by atoms with Crippen molar-refractivity contribution in [1.82, 2.24) is 10.2 Å². The highest BCUT2D eigenvalue weighted by Gasteiger charge is 2.47. The predicted octanol–water partition coefficient (Wildman–Crippen LogP) is 2.34. The first-order chi connectivity index (χ1) is 14.1. The fourth-order valence-electron chi connectivity index (χ4n) is 3.95. The molecule has 0 saturated carbocycles. The first kappa shape index (κ1) is 19.1. The first-order valence-corrected chi connectivity index (χ1v) is 9.71. The molecule has 0 saturated heterocycles. The van der Waals surface area contributed by atoms with E-state index in [4.69, 9.17) is 4.74 Å². The Morgan fingerprint density at radius 3 is 2.55 bits per heavy atom. The van der Waals surface area contributed by atoms with Gasteiger partial charge in [0.15, 0.2) is 0 Å². The van der Waals surface area contributed by atoms with Crippen LogP contribution in [0.4, 0.5) is 5.69 Å². The van der Waals surface area contributed by atoms with Crippen LogP contribution in [0.3, 0.4) is 0 Å². The van der Waals surface area contributed by atoms with E-state index in [2.05, 4.69) is 5.32 Å². The van der Waals surface area contributed by atoms with E-state index in [1.165, 1.54) is 0 Å². The van der Waals surface area contributed by atoms with Crippen LogP contribution in [0.25, 0.3) is 0 Å². The number of nitrogens with one attached hydrogen (secondary N) is 1. The molecule has 0 unspecified atom stereocenters. The second-order valence-corrected chi connectivity index (χ2v) is 7.10. The number of fused-ring (bicyclic) bond motifs is 5. The third-order valence-corrected chi connectivity index (χ3v) is 5.31. The number of para-hydroxylation sites is 1. The van der Waals surface area contributed by atoms with Gasteiger partial charge in [0, 0.05) is 44.4 Å². The Kier molecular flexibility index (Phi) is 5.31. The zero-order valence-corrected chi connectivity index (χ0v) is 16.3. The molecule has 1 N–H and O–H groups in total. The summed E-state index contributed by atoms with van der Waals surface area (Å²) in [5.41, 5.74) is 2.48. The van der Waals surface area contributed by atoms with Crippen LogP contribution in [-0.4, -0.2) is 49.4 Å². The highest BCUT2D eigenvalue weighted by molar-refractivity contribution is 6.16. The van der Waals surface area contributed by atoms with Crippen molar-refractivity contribution in [3.8, 4) is 0 Å². The fraction of sp³-hybridized carbons (Fsp3) is 0.318. The zero-order chi connectivity index (χ0) is 20.4. The molecule has 0 aliphatic carbocycles. The van der Waals surface area contributed by atoms with Gasteiger partial charge in [0.2, 0.25) is 5.91 Å². The van der Waals surface area contributed by atoms with E-state index in [0.29, 0.717) is 30.0 Å². The number of carbonyl (C=O) groups excluding carboxylic acids is 3. The normalized spacial score (nSPS) is 17.1. The molecule has 7 nitrogen and oxygen atoms in total. The Hall–Kier alpha value is -3.19. The minimum Gasteiger partial charge on any atom is -0.385 e. The summed E-state index contributed by atoms with van der Waals surface area (Å²) in [6, 6.07) is 14.5. The van der Waals surface area contributed by atoms with Crippen molar-refractivity contribution in [3.63, 3.8) is 0 Å². The molecular weight excluding hydrogens is 370 g/mol. The Labute approximate surface area is 169 Å². The number of ether oxygens (including phenoxy) is 1. The van der Waals surface area contributed by atoms with Gasteiger partial charge in [-0.2, -0.15) is 0 Å². The van der Waals surface area contributed by atoms with Gasteiger partial charge in [0.1, 0.15) is 6.17 Å². The molecule has 2 aromatic carbocycles. The van der Waals surface area contributed by atoms with Gasteiger partial charge in [0.25, 0.3) is 11.8 Å². The molecule has 4 rings (SSSR count). The molecule has 0 spiro atoms. The first-order valence-electron chi connectivity index (χ1n) is 9.71. The molecule has 0 aromatic heterocycles. The minimum atomic E-state index is -0.526. The number of hydrogen-bond donors (Lipinski definition) is 1. The SMILES string of the molecule is COCCCNC(=O)CCN1C(=O)c2ccccc2N2C(=O)c3ccccc3[C@H]12. The zero-order valence-electron chi connectivity index (χ0n) is 16.3. The summed E-state index contributed by atoms with van der Waals surface area (Å²) in [6.45, 7) is 1.34. The van der Waals surface area contributed by atoms with Crippen LogP contribution in [-0.2, 0) is 9.53 Å². The second kappa shape index (κ2) is 8.05. The summed E-state index contributed by atoms with van der Waals surface area (Å²) in [5.74, 6) is -0.421. The molecule has 2 aliphatic heterocycles. The number of amides is 3. The maximum Gasteiger partial charge on any atom is 0.260 e. The largest absolute Gasteiger partial charge is 0.385 e. The van der Waals surface area contributed by atoms with Crippen LogP contribution in [0, 0.1) is 0 Å². The van der Waals surface area contributed by atoms with Gasteiger partial charge in [-0.1, -0.05) is 30.3 Å².